The number of rotatable bonds is 8. The molecule has 0 heterocycles. The quantitative estimate of drug-likeness (QED) is 0.540. The molecule has 2 aromatic carbocycles. The number of benzene rings is 2. The molecule has 8 nitrogen and oxygen atoms in total. The van der Waals surface area contributed by atoms with Crippen LogP contribution in [0.1, 0.15) is 11.1 Å². The maximum absolute atomic E-state index is 12.3. The van der Waals surface area contributed by atoms with Gasteiger partial charge in [0.2, 0.25) is 0 Å². The van der Waals surface area contributed by atoms with Crippen LogP contribution in [0.2, 0.25) is 0 Å². The van der Waals surface area contributed by atoms with Gasteiger partial charge in [0.1, 0.15) is 23.7 Å². The zero-order valence-electron chi connectivity index (χ0n) is 15.9. The Morgan fingerprint density at radius 3 is 2.56 bits per heavy atom. The van der Waals surface area contributed by atoms with Crippen LogP contribution in [0.5, 0.6) is 11.5 Å². The van der Waals surface area contributed by atoms with Crippen molar-refractivity contribution >= 4 is 17.3 Å². The minimum atomic E-state index is -0.549. The van der Waals surface area contributed by atoms with E-state index in [1.165, 1.54) is 19.2 Å². The molecule has 0 aliphatic heterocycles. The largest absolute Gasteiger partial charge is 0.496 e. The van der Waals surface area contributed by atoms with Gasteiger partial charge in [-0.3, -0.25) is 14.9 Å². The highest BCUT2D eigenvalue weighted by Gasteiger charge is 2.19. The molecule has 0 bridgehead atoms. The Labute approximate surface area is 157 Å². The fourth-order valence-corrected chi connectivity index (χ4v) is 2.80. The van der Waals surface area contributed by atoms with E-state index in [9.17, 15) is 14.9 Å². The first kappa shape index (κ1) is 20.2. The van der Waals surface area contributed by atoms with Gasteiger partial charge in [0.05, 0.1) is 32.3 Å². The fourth-order valence-electron chi connectivity index (χ4n) is 2.80. The van der Waals surface area contributed by atoms with Crippen LogP contribution in [0.3, 0.4) is 0 Å². The van der Waals surface area contributed by atoms with Crippen LogP contribution in [-0.2, 0) is 11.3 Å². The van der Waals surface area contributed by atoms with Crippen molar-refractivity contribution in [2.24, 2.45) is 0 Å². The van der Waals surface area contributed by atoms with E-state index in [1.54, 1.807) is 13.2 Å². The van der Waals surface area contributed by atoms with Crippen molar-refractivity contribution in [2.75, 3.05) is 33.1 Å². The molecule has 0 aliphatic carbocycles. The van der Waals surface area contributed by atoms with E-state index < -0.39 is 4.92 Å². The molecule has 1 atom stereocenters. The Balaban J connectivity index is 2.06. The highest BCUT2D eigenvalue weighted by molar-refractivity contribution is 5.93. The molecule has 8 heteroatoms. The molecule has 0 aromatic heterocycles. The van der Waals surface area contributed by atoms with Crippen LogP contribution in [0.25, 0.3) is 0 Å². The van der Waals surface area contributed by atoms with E-state index in [1.807, 2.05) is 32.2 Å². The van der Waals surface area contributed by atoms with E-state index in [0.717, 1.165) is 21.8 Å². The summed E-state index contributed by atoms with van der Waals surface area (Å²) in [7, 11) is 4.91. The Kier molecular flexibility index (Phi) is 6.73. The molecular weight excluding hydrogens is 350 g/mol. The number of quaternary nitrogens is 1. The molecule has 0 radical (unpaired) electrons. The van der Waals surface area contributed by atoms with Crippen molar-refractivity contribution < 1.29 is 24.1 Å². The number of methoxy groups -OCH3 is 2. The highest BCUT2D eigenvalue weighted by Crippen LogP contribution is 2.28. The number of carbonyl (C=O) groups is 1. The van der Waals surface area contributed by atoms with E-state index in [0.29, 0.717) is 12.3 Å². The number of ether oxygens (including phenoxy) is 2. The predicted octanol–water partition coefficient (Wildman–Crippen LogP) is 1.57. The summed E-state index contributed by atoms with van der Waals surface area (Å²) < 4.78 is 10.4. The van der Waals surface area contributed by atoms with Gasteiger partial charge in [-0.15, -0.1) is 0 Å². The summed E-state index contributed by atoms with van der Waals surface area (Å²) in [6, 6.07) is 10.2. The van der Waals surface area contributed by atoms with Gasteiger partial charge >= 0.3 is 0 Å². The van der Waals surface area contributed by atoms with Crippen LogP contribution in [0.15, 0.2) is 36.4 Å². The number of nitro groups is 1. The van der Waals surface area contributed by atoms with Crippen molar-refractivity contribution in [2.45, 2.75) is 13.5 Å². The number of hydrogen-bond acceptors (Lipinski definition) is 5. The maximum atomic E-state index is 12.3. The van der Waals surface area contributed by atoms with Crippen molar-refractivity contribution in [3.63, 3.8) is 0 Å². The zero-order chi connectivity index (χ0) is 20.0. The summed E-state index contributed by atoms with van der Waals surface area (Å²) in [5, 5.41) is 13.8. The molecular formula is C19H24N3O5+. The number of anilines is 1. The molecule has 2 rings (SSSR count). The van der Waals surface area contributed by atoms with Crippen molar-refractivity contribution in [1.29, 1.82) is 0 Å². The maximum Gasteiger partial charge on any atom is 0.296 e. The second kappa shape index (κ2) is 9.00. The lowest BCUT2D eigenvalue weighted by Crippen LogP contribution is -3.08. The van der Waals surface area contributed by atoms with Crippen LogP contribution in [0, 0.1) is 17.0 Å². The third kappa shape index (κ3) is 5.42. The van der Waals surface area contributed by atoms with Crippen LogP contribution >= 0.6 is 0 Å². The first-order valence-corrected chi connectivity index (χ1v) is 8.41. The van der Waals surface area contributed by atoms with E-state index >= 15 is 0 Å². The average Bonchev–Trinajstić information content (AvgIpc) is 2.61. The number of nitro benzene ring substituents is 1. The summed E-state index contributed by atoms with van der Waals surface area (Å²) >= 11 is 0. The SMILES string of the molecule is COc1ccc(NC(=O)C[NH+](C)Cc2cc(C)ccc2OC)c([N+](=O)[O-])c1. The molecule has 1 unspecified atom stereocenters. The van der Waals surface area contributed by atoms with Crippen molar-refractivity contribution in [3.8, 4) is 11.5 Å². The lowest BCUT2D eigenvalue weighted by molar-refractivity contribution is -0.885. The molecule has 0 spiro atoms. The van der Waals surface area contributed by atoms with E-state index in [2.05, 4.69) is 5.32 Å². The zero-order valence-corrected chi connectivity index (χ0v) is 15.9. The first-order chi connectivity index (χ1) is 12.8. The molecule has 2 aromatic rings. The molecule has 2 N–H and O–H groups in total. The number of hydrogen-bond donors (Lipinski definition) is 2. The highest BCUT2D eigenvalue weighted by atomic mass is 16.6. The summed E-state index contributed by atoms with van der Waals surface area (Å²) in [5.74, 6) is 0.813. The summed E-state index contributed by atoms with van der Waals surface area (Å²) in [4.78, 5) is 23.9. The molecule has 0 saturated heterocycles. The Morgan fingerprint density at radius 2 is 1.93 bits per heavy atom. The predicted molar refractivity (Wildman–Crippen MR) is 101 cm³/mol. The standard InChI is InChI=1S/C19H23N3O5/c1-13-5-8-18(27-4)14(9-13)11-21(2)12-19(23)20-16-7-6-15(26-3)10-17(16)22(24)25/h5-10H,11-12H2,1-4H3,(H,20,23)/p+1. The Bertz CT molecular complexity index is 838. The normalized spacial score (nSPS) is 11.6. The average molecular weight is 374 g/mol. The lowest BCUT2D eigenvalue weighted by Gasteiger charge is -2.16. The smallest absolute Gasteiger partial charge is 0.296 e. The minimum Gasteiger partial charge on any atom is -0.496 e. The van der Waals surface area contributed by atoms with Crippen LogP contribution in [0.4, 0.5) is 11.4 Å². The van der Waals surface area contributed by atoms with Crippen molar-refractivity contribution in [1.82, 2.24) is 0 Å². The van der Waals surface area contributed by atoms with E-state index in [-0.39, 0.29) is 23.8 Å². The Hall–Kier alpha value is -3.13. The second-order valence-electron chi connectivity index (χ2n) is 6.31. The molecule has 0 fully saturated rings. The van der Waals surface area contributed by atoms with Gasteiger partial charge in [-0.1, -0.05) is 11.6 Å². The van der Waals surface area contributed by atoms with Gasteiger partial charge < -0.3 is 19.7 Å². The van der Waals surface area contributed by atoms with Gasteiger partial charge in [0.15, 0.2) is 6.54 Å². The second-order valence-corrected chi connectivity index (χ2v) is 6.31. The molecule has 0 aliphatic rings. The number of nitrogens with zero attached hydrogens (tertiary/aromatic N) is 1. The fraction of sp³-hybridized carbons (Fsp3) is 0.316. The third-order valence-electron chi connectivity index (χ3n) is 4.07. The van der Waals surface area contributed by atoms with Crippen LogP contribution < -0.4 is 19.7 Å². The number of likely N-dealkylation sites (N-methyl/N-ethyl adjacent to an activating group) is 1. The molecule has 0 saturated carbocycles. The van der Waals surface area contributed by atoms with E-state index in [4.69, 9.17) is 9.47 Å². The van der Waals surface area contributed by atoms with Gasteiger partial charge in [-0.25, -0.2) is 0 Å². The van der Waals surface area contributed by atoms with Gasteiger partial charge in [0.25, 0.3) is 11.6 Å². The first-order valence-electron chi connectivity index (χ1n) is 8.41. The van der Waals surface area contributed by atoms with Gasteiger partial charge in [-0.2, -0.15) is 0 Å². The molecule has 27 heavy (non-hydrogen) atoms. The number of aryl methyl sites for hydroxylation is 1. The Morgan fingerprint density at radius 1 is 1.19 bits per heavy atom. The minimum absolute atomic E-state index is 0.145. The molecule has 1 amide bonds. The van der Waals surface area contributed by atoms with Gasteiger partial charge in [0, 0.05) is 5.56 Å². The number of carbonyl (C=O) groups excluding carboxylic acids is 1. The number of nitrogens with one attached hydrogen (secondary N) is 2. The van der Waals surface area contributed by atoms with Gasteiger partial charge in [-0.05, 0) is 31.2 Å². The summed E-state index contributed by atoms with van der Waals surface area (Å²) in [6.45, 7) is 2.73. The third-order valence-corrected chi connectivity index (χ3v) is 4.07. The topological polar surface area (TPSA) is 95.1 Å². The summed E-state index contributed by atoms with van der Waals surface area (Å²) in [5.41, 5.74) is 2.04. The monoisotopic (exact) mass is 374 g/mol. The summed E-state index contributed by atoms with van der Waals surface area (Å²) in [6.07, 6.45) is 0. The van der Waals surface area contributed by atoms with Crippen LogP contribution in [-0.4, -0.2) is 38.6 Å². The molecule has 144 valence electrons. The van der Waals surface area contributed by atoms with Crippen molar-refractivity contribution in [3.05, 3.63) is 57.6 Å². The number of amides is 1. The lowest BCUT2D eigenvalue weighted by atomic mass is 10.1.